The lowest BCUT2D eigenvalue weighted by Crippen LogP contribution is -2.18. The van der Waals surface area contributed by atoms with E-state index in [0.29, 0.717) is 29.2 Å². The van der Waals surface area contributed by atoms with Crippen molar-refractivity contribution in [1.82, 2.24) is 5.43 Å². The van der Waals surface area contributed by atoms with Gasteiger partial charge < -0.3 is 14.6 Å². The van der Waals surface area contributed by atoms with Crippen LogP contribution in [0.25, 0.3) is 10.8 Å². The molecule has 0 fully saturated rings. The van der Waals surface area contributed by atoms with Crippen LogP contribution < -0.4 is 14.9 Å². The molecule has 0 aliphatic heterocycles. The highest BCUT2D eigenvalue weighted by molar-refractivity contribution is 6.02. The highest BCUT2D eigenvalue weighted by Gasteiger charge is 2.13. The van der Waals surface area contributed by atoms with Crippen LogP contribution in [0.5, 0.6) is 17.2 Å². The number of benzene rings is 3. The van der Waals surface area contributed by atoms with Crippen molar-refractivity contribution in [3.05, 3.63) is 65.7 Å². The van der Waals surface area contributed by atoms with Gasteiger partial charge >= 0.3 is 0 Å². The van der Waals surface area contributed by atoms with Crippen LogP contribution in [0.3, 0.4) is 0 Å². The van der Waals surface area contributed by atoms with Gasteiger partial charge in [0.25, 0.3) is 5.91 Å². The number of hydrogen-bond acceptors (Lipinski definition) is 5. The summed E-state index contributed by atoms with van der Waals surface area (Å²) in [5.74, 6) is 0.390. The minimum Gasteiger partial charge on any atom is -0.504 e. The molecule has 0 spiro atoms. The zero-order chi connectivity index (χ0) is 19.2. The fourth-order valence-corrected chi connectivity index (χ4v) is 2.70. The van der Waals surface area contributed by atoms with E-state index in [1.54, 1.807) is 24.3 Å². The van der Waals surface area contributed by atoms with E-state index < -0.39 is 5.91 Å². The van der Waals surface area contributed by atoms with Gasteiger partial charge in [-0.2, -0.15) is 5.10 Å². The fraction of sp³-hybridized carbons (Fsp3) is 0.143. The van der Waals surface area contributed by atoms with Crippen LogP contribution in [0.15, 0.2) is 59.7 Å². The van der Waals surface area contributed by atoms with Crippen molar-refractivity contribution in [3.63, 3.8) is 0 Å². The number of aromatic hydroxyl groups is 1. The Morgan fingerprint density at radius 2 is 1.85 bits per heavy atom. The number of nitrogens with zero attached hydrogens (tertiary/aromatic N) is 1. The first kappa shape index (κ1) is 18.3. The van der Waals surface area contributed by atoms with Gasteiger partial charge in [0.2, 0.25) is 0 Å². The zero-order valence-electron chi connectivity index (χ0n) is 15.1. The number of nitrogens with one attached hydrogen (secondary N) is 1. The number of hydrazone groups is 1. The van der Waals surface area contributed by atoms with Gasteiger partial charge in [0.05, 0.1) is 25.5 Å². The highest BCUT2D eigenvalue weighted by Crippen LogP contribution is 2.29. The second-order valence-electron chi connectivity index (χ2n) is 5.73. The third-order valence-corrected chi connectivity index (χ3v) is 4.01. The lowest BCUT2D eigenvalue weighted by molar-refractivity contribution is 0.0952. The molecule has 0 saturated heterocycles. The van der Waals surface area contributed by atoms with Crippen LogP contribution in [0, 0.1) is 0 Å². The Labute approximate surface area is 157 Å². The van der Waals surface area contributed by atoms with Gasteiger partial charge in [0.1, 0.15) is 5.75 Å². The van der Waals surface area contributed by atoms with Gasteiger partial charge in [-0.25, -0.2) is 5.43 Å². The number of phenolic OH excluding ortho intramolecular Hbond substituents is 1. The molecule has 0 atom stereocenters. The monoisotopic (exact) mass is 364 g/mol. The normalized spacial score (nSPS) is 10.9. The summed E-state index contributed by atoms with van der Waals surface area (Å²) in [6.45, 7) is 2.27. The van der Waals surface area contributed by atoms with Gasteiger partial charge in [0, 0.05) is 5.56 Å². The summed E-state index contributed by atoms with van der Waals surface area (Å²) in [4.78, 5) is 12.5. The minimum atomic E-state index is -0.408. The summed E-state index contributed by atoms with van der Waals surface area (Å²) in [5.41, 5.74) is 3.28. The second kappa shape index (κ2) is 8.23. The number of para-hydroxylation sites is 1. The third kappa shape index (κ3) is 4.00. The first-order valence-corrected chi connectivity index (χ1v) is 8.49. The Kier molecular flexibility index (Phi) is 5.56. The molecule has 0 saturated carbocycles. The molecule has 0 bridgehead atoms. The van der Waals surface area contributed by atoms with Gasteiger partial charge in [-0.05, 0) is 42.0 Å². The van der Waals surface area contributed by atoms with E-state index in [2.05, 4.69) is 10.5 Å². The summed E-state index contributed by atoms with van der Waals surface area (Å²) >= 11 is 0. The number of rotatable bonds is 6. The van der Waals surface area contributed by atoms with Gasteiger partial charge in [0.15, 0.2) is 11.5 Å². The summed E-state index contributed by atoms with van der Waals surface area (Å²) < 4.78 is 10.7. The lowest BCUT2D eigenvalue weighted by atomic mass is 10.1. The Morgan fingerprint density at radius 3 is 2.56 bits per heavy atom. The van der Waals surface area contributed by atoms with Gasteiger partial charge in [-0.1, -0.05) is 30.3 Å². The maximum Gasteiger partial charge on any atom is 0.275 e. The molecule has 138 valence electrons. The molecule has 6 nitrogen and oxygen atoms in total. The number of amides is 1. The maximum absolute atomic E-state index is 12.5. The number of phenols is 1. The zero-order valence-corrected chi connectivity index (χ0v) is 15.1. The van der Waals surface area contributed by atoms with Gasteiger partial charge in [-0.3, -0.25) is 4.79 Å². The minimum absolute atomic E-state index is 0.0272. The van der Waals surface area contributed by atoms with Crippen LogP contribution in [0.4, 0.5) is 0 Å². The van der Waals surface area contributed by atoms with Crippen molar-refractivity contribution in [2.75, 3.05) is 13.7 Å². The molecule has 0 aromatic heterocycles. The lowest BCUT2D eigenvalue weighted by Gasteiger charge is -2.09. The van der Waals surface area contributed by atoms with Crippen molar-refractivity contribution in [2.24, 2.45) is 5.10 Å². The quantitative estimate of drug-likeness (QED) is 0.516. The van der Waals surface area contributed by atoms with Crippen molar-refractivity contribution < 1.29 is 19.4 Å². The number of carbonyl (C=O) groups is 1. The van der Waals surface area contributed by atoms with Crippen molar-refractivity contribution >= 4 is 22.9 Å². The standard InChI is InChI=1S/C21H20N2O4/c1-3-27-18-10-6-9-16(20(18)24)13-22-23-21(25)17-11-14-7-4-5-8-15(14)12-19(17)26-2/h4-13,24H,3H2,1-2H3,(H,23,25)/b22-13+. The largest absolute Gasteiger partial charge is 0.504 e. The smallest absolute Gasteiger partial charge is 0.275 e. The first-order chi connectivity index (χ1) is 13.1. The SMILES string of the molecule is CCOc1cccc(/C=N/NC(=O)c2cc3ccccc3cc2OC)c1O. The molecule has 0 radical (unpaired) electrons. The molecule has 0 unspecified atom stereocenters. The van der Waals surface area contributed by atoms with Crippen LogP contribution in [-0.2, 0) is 0 Å². The van der Waals surface area contributed by atoms with Crippen molar-refractivity contribution in [1.29, 1.82) is 0 Å². The molecule has 3 aromatic rings. The van der Waals surface area contributed by atoms with Crippen molar-refractivity contribution in [2.45, 2.75) is 6.92 Å². The van der Waals surface area contributed by atoms with Crippen LogP contribution >= 0.6 is 0 Å². The molecule has 2 N–H and O–H groups in total. The predicted molar refractivity (Wildman–Crippen MR) is 105 cm³/mol. The number of fused-ring (bicyclic) bond motifs is 1. The Hall–Kier alpha value is -3.54. The number of ether oxygens (including phenoxy) is 2. The average Bonchev–Trinajstić information content (AvgIpc) is 2.69. The van der Waals surface area contributed by atoms with E-state index in [4.69, 9.17) is 9.47 Å². The average molecular weight is 364 g/mol. The van der Waals surface area contributed by atoms with Crippen LogP contribution in [-0.4, -0.2) is 30.9 Å². The molecule has 27 heavy (non-hydrogen) atoms. The molecule has 0 aliphatic carbocycles. The van der Waals surface area contributed by atoms with Crippen molar-refractivity contribution in [3.8, 4) is 17.2 Å². The molecule has 3 aromatic carbocycles. The van der Waals surface area contributed by atoms with E-state index in [1.165, 1.54) is 13.3 Å². The second-order valence-corrected chi connectivity index (χ2v) is 5.73. The molecule has 0 heterocycles. The fourth-order valence-electron chi connectivity index (χ4n) is 2.70. The molecular weight excluding hydrogens is 344 g/mol. The summed E-state index contributed by atoms with van der Waals surface area (Å²) in [7, 11) is 1.52. The molecule has 0 aliphatic rings. The van der Waals surface area contributed by atoms with Crippen LogP contribution in [0.2, 0.25) is 0 Å². The molecule has 6 heteroatoms. The number of carbonyl (C=O) groups excluding carboxylic acids is 1. The first-order valence-electron chi connectivity index (χ1n) is 8.49. The third-order valence-electron chi connectivity index (χ3n) is 4.01. The van der Waals surface area contributed by atoms with E-state index in [9.17, 15) is 9.90 Å². The Morgan fingerprint density at radius 1 is 1.11 bits per heavy atom. The summed E-state index contributed by atoms with van der Waals surface area (Å²) in [6.07, 6.45) is 1.36. The highest BCUT2D eigenvalue weighted by atomic mass is 16.5. The predicted octanol–water partition coefficient (Wildman–Crippen LogP) is 3.72. The molecular formula is C21H20N2O4. The van der Waals surface area contributed by atoms with Gasteiger partial charge in [-0.15, -0.1) is 0 Å². The van der Waals surface area contributed by atoms with E-state index in [-0.39, 0.29) is 5.75 Å². The molecule has 3 rings (SSSR count). The number of methoxy groups -OCH3 is 1. The molecule has 1 amide bonds. The Balaban J connectivity index is 1.81. The summed E-state index contributed by atoms with van der Waals surface area (Å²) in [5, 5.41) is 16.0. The summed E-state index contributed by atoms with van der Waals surface area (Å²) in [6, 6.07) is 16.3. The van der Waals surface area contributed by atoms with Crippen LogP contribution in [0.1, 0.15) is 22.8 Å². The Bertz CT molecular complexity index is 999. The van der Waals surface area contributed by atoms with E-state index in [0.717, 1.165) is 10.8 Å². The topological polar surface area (TPSA) is 80.2 Å². The van der Waals surface area contributed by atoms with E-state index in [1.807, 2.05) is 37.3 Å². The number of hydrogen-bond donors (Lipinski definition) is 2. The maximum atomic E-state index is 12.5. The van der Waals surface area contributed by atoms with E-state index >= 15 is 0 Å².